The van der Waals surface area contributed by atoms with Crippen LogP contribution < -0.4 is 10.6 Å². The highest BCUT2D eigenvalue weighted by atomic mass is 79.9. The molecule has 2 atom stereocenters. The average Bonchev–Trinajstić information content (AvgIpc) is 2.95. The van der Waals surface area contributed by atoms with Crippen molar-refractivity contribution in [3.63, 3.8) is 0 Å². The van der Waals surface area contributed by atoms with Gasteiger partial charge in [-0.3, -0.25) is 0 Å². The molecule has 22 heavy (non-hydrogen) atoms. The zero-order chi connectivity index (χ0) is 13.8. The summed E-state index contributed by atoms with van der Waals surface area (Å²) in [6.07, 6.45) is 1.14. The Labute approximate surface area is 158 Å². The average molecular weight is 449 g/mol. The quantitative estimate of drug-likeness (QED) is 0.709. The zero-order valence-electron chi connectivity index (χ0n) is 12.2. The van der Waals surface area contributed by atoms with Crippen molar-refractivity contribution >= 4 is 45.6 Å². The topological polar surface area (TPSA) is 24.1 Å². The molecule has 2 nitrogen and oxygen atoms in total. The first kappa shape index (κ1) is 19.7. The van der Waals surface area contributed by atoms with Crippen LogP contribution in [0.3, 0.4) is 0 Å². The molecule has 0 aromatic heterocycles. The maximum Gasteiger partial charge on any atom is 0.0477 e. The van der Waals surface area contributed by atoms with Gasteiger partial charge in [-0.25, -0.2) is 0 Å². The lowest BCUT2D eigenvalue weighted by atomic mass is 10.0. The van der Waals surface area contributed by atoms with Gasteiger partial charge in [-0.05, 0) is 36.2 Å². The van der Waals surface area contributed by atoms with E-state index in [2.05, 4.69) is 53.1 Å². The van der Waals surface area contributed by atoms with Crippen molar-refractivity contribution in [3.05, 3.63) is 70.7 Å². The van der Waals surface area contributed by atoms with Gasteiger partial charge in [-0.15, -0.1) is 34.0 Å². The number of nitrogens with one attached hydrogen (secondary N) is 2. The molecule has 1 aliphatic rings. The predicted molar refractivity (Wildman–Crippen MR) is 105 cm³/mol. The molecule has 1 fully saturated rings. The van der Waals surface area contributed by atoms with Crippen LogP contribution in [0.25, 0.3) is 0 Å². The maximum absolute atomic E-state index is 6.10. The standard InChI is InChI=1S/C17H19ClN2.2BrH/c18-15-8-4-7-14(11-15)17-16(9-10-19-17)20-12-13-5-2-1-3-6-13;;/h1-8,11,16-17,19-20H,9-10,12H2;2*1H/t16-,17-;;/m1../s1. The number of hydrogen-bond acceptors (Lipinski definition) is 2. The molecule has 0 unspecified atom stereocenters. The fourth-order valence-corrected chi connectivity index (χ4v) is 3.02. The summed E-state index contributed by atoms with van der Waals surface area (Å²) in [7, 11) is 0. The van der Waals surface area contributed by atoms with Gasteiger partial charge in [-0.2, -0.15) is 0 Å². The zero-order valence-corrected chi connectivity index (χ0v) is 16.3. The van der Waals surface area contributed by atoms with Crippen LogP contribution >= 0.6 is 45.6 Å². The summed E-state index contributed by atoms with van der Waals surface area (Å²) < 4.78 is 0. The Morgan fingerprint density at radius 2 is 1.82 bits per heavy atom. The Kier molecular flexibility index (Phi) is 8.65. The first-order valence-corrected chi connectivity index (χ1v) is 7.47. The van der Waals surface area contributed by atoms with Crippen molar-refractivity contribution in [1.82, 2.24) is 10.6 Å². The molecule has 2 N–H and O–H groups in total. The van der Waals surface area contributed by atoms with E-state index in [9.17, 15) is 0 Å². The van der Waals surface area contributed by atoms with Gasteiger partial charge < -0.3 is 10.6 Å². The highest BCUT2D eigenvalue weighted by molar-refractivity contribution is 8.93. The van der Waals surface area contributed by atoms with E-state index >= 15 is 0 Å². The molecule has 2 aromatic rings. The fraction of sp³-hybridized carbons (Fsp3) is 0.294. The van der Waals surface area contributed by atoms with Gasteiger partial charge in [0.15, 0.2) is 0 Å². The van der Waals surface area contributed by atoms with Crippen molar-refractivity contribution in [2.75, 3.05) is 6.54 Å². The fourth-order valence-electron chi connectivity index (χ4n) is 2.82. The number of hydrogen-bond donors (Lipinski definition) is 2. The molecule has 120 valence electrons. The van der Waals surface area contributed by atoms with Crippen molar-refractivity contribution in [2.24, 2.45) is 0 Å². The molecule has 1 heterocycles. The Balaban J connectivity index is 0.00000121. The van der Waals surface area contributed by atoms with E-state index in [1.54, 1.807) is 0 Å². The predicted octanol–water partition coefficient (Wildman–Crippen LogP) is 4.69. The summed E-state index contributed by atoms with van der Waals surface area (Å²) in [6, 6.07) is 19.5. The number of rotatable bonds is 4. The molecule has 0 spiro atoms. The molecule has 0 amide bonds. The summed E-state index contributed by atoms with van der Waals surface area (Å²) in [4.78, 5) is 0. The van der Waals surface area contributed by atoms with Crippen molar-refractivity contribution in [2.45, 2.75) is 25.0 Å². The smallest absolute Gasteiger partial charge is 0.0477 e. The highest BCUT2D eigenvalue weighted by Crippen LogP contribution is 2.26. The van der Waals surface area contributed by atoms with Crippen LogP contribution in [-0.2, 0) is 6.54 Å². The lowest BCUT2D eigenvalue weighted by molar-refractivity contribution is 0.461. The summed E-state index contributed by atoms with van der Waals surface area (Å²) in [6.45, 7) is 1.95. The summed E-state index contributed by atoms with van der Waals surface area (Å²) in [5.41, 5.74) is 2.59. The second-order valence-electron chi connectivity index (χ2n) is 5.25. The van der Waals surface area contributed by atoms with E-state index in [0.29, 0.717) is 12.1 Å². The SMILES string of the molecule is Br.Br.Clc1cccc([C@H]2NCC[C@H]2NCc2ccccc2)c1. The third-order valence-electron chi connectivity index (χ3n) is 3.84. The molecule has 1 aliphatic heterocycles. The van der Waals surface area contributed by atoms with Crippen molar-refractivity contribution < 1.29 is 0 Å². The van der Waals surface area contributed by atoms with Crippen molar-refractivity contribution in [1.29, 1.82) is 0 Å². The third kappa shape index (κ3) is 5.07. The minimum atomic E-state index is 0. The molecule has 1 saturated heterocycles. The highest BCUT2D eigenvalue weighted by Gasteiger charge is 2.27. The monoisotopic (exact) mass is 446 g/mol. The second-order valence-corrected chi connectivity index (χ2v) is 5.68. The van der Waals surface area contributed by atoms with Gasteiger partial charge in [0.05, 0.1) is 0 Å². The number of benzene rings is 2. The number of halogens is 3. The Bertz CT molecular complexity index is 566. The van der Waals surface area contributed by atoms with Crippen LogP contribution in [0.5, 0.6) is 0 Å². The third-order valence-corrected chi connectivity index (χ3v) is 4.08. The Hall–Kier alpha value is -0.390. The van der Waals surface area contributed by atoms with Crippen LogP contribution in [0.4, 0.5) is 0 Å². The van der Waals surface area contributed by atoms with E-state index in [1.165, 1.54) is 11.1 Å². The van der Waals surface area contributed by atoms with Gasteiger partial charge in [0, 0.05) is 23.7 Å². The summed E-state index contributed by atoms with van der Waals surface area (Å²) >= 11 is 6.10. The van der Waals surface area contributed by atoms with Gasteiger partial charge in [0.2, 0.25) is 0 Å². The van der Waals surface area contributed by atoms with E-state index < -0.39 is 0 Å². The molecule has 2 aromatic carbocycles. The van der Waals surface area contributed by atoms with E-state index in [0.717, 1.165) is 24.5 Å². The van der Waals surface area contributed by atoms with Gasteiger partial charge in [-0.1, -0.05) is 54.1 Å². The molecule has 3 rings (SSSR count). The second kappa shape index (κ2) is 9.68. The van der Waals surface area contributed by atoms with Crippen LogP contribution in [0, 0.1) is 0 Å². The lowest BCUT2D eigenvalue weighted by Crippen LogP contribution is -2.33. The summed E-state index contributed by atoms with van der Waals surface area (Å²) in [5.74, 6) is 0. The molecule has 0 bridgehead atoms. The maximum atomic E-state index is 6.10. The van der Waals surface area contributed by atoms with Crippen LogP contribution in [0.15, 0.2) is 54.6 Å². The lowest BCUT2D eigenvalue weighted by Gasteiger charge is -2.21. The molecule has 0 saturated carbocycles. The normalized spacial score (nSPS) is 20.0. The molecule has 0 aliphatic carbocycles. The van der Waals surface area contributed by atoms with E-state index in [1.807, 2.05) is 12.1 Å². The molecule has 0 radical (unpaired) electrons. The molecular weight excluding hydrogens is 427 g/mol. The first-order chi connectivity index (χ1) is 9.83. The molecule has 5 heteroatoms. The van der Waals surface area contributed by atoms with Gasteiger partial charge >= 0.3 is 0 Å². The largest absolute Gasteiger partial charge is 0.309 e. The van der Waals surface area contributed by atoms with Gasteiger partial charge in [0.25, 0.3) is 0 Å². The minimum Gasteiger partial charge on any atom is -0.309 e. The first-order valence-electron chi connectivity index (χ1n) is 7.09. The minimum absolute atomic E-state index is 0. The van der Waals surface area contributed by atoms with E-state index in [4.69, 9.17) is 11.6 Å². The van der Waals surface area contributed by atoms with Crippen molar-refractivity contribution in [3.8, 4) is 0 Å². The van der Waals surface area contributed by atoms with E-state index in [-0.39, 0.29) is 34.0 Å². The Morgan fingerprint density at radius 3 is 2.55 bits per heavy atom. The Morgan fingerprint density at radius 1 is 1.05 bits per heavy atom. The van der Waals surface area contributed by atoms with Crippen LogP contribution in [0.1, 0.15) is 23.6 Å². The van der Waals surface area contributed by atoms with Crippen LogP contribution in [-0.4, -0.2) is 12.6 Å². The van der Waals surface area contributed by atoms with Gasteiger partial charge in [0.1, 0.15) is 0 Å². The summed E-state index contributed by atoms with van der Waals surface area (Å²) in [5, 5.41) is 8.03. The molecular formula is C17H21Br2ClN2. The van der Waals surface area contributed by atoms with Crippen LogP contribution in [0.2, 0.25) is 5.02 Å².